The van der Waals surface area contributed by atoms with E-state index < -0.39 is 11.5 Å². The highest BCUT2D eigenvalue weighted by Gasteiger charge is 2.36. The molecule has 0 fully saturated rings. The lowest BCUT2D eigenvalue weighted by molar-refractivity contribution is -0.151. The molecule has 4 heteroatoms. The van der Waals surface area contributed by atoms with Gasteiger partial charge in [0.15, 0.2) is 0 Å². The topological polar surface area (TPSA) is 49.8 Å². The molecule has 2 unspecified atom stereocenters. The molecule has 1 N–H and O–H groups in total. The van der Waals surface area contributed by atoms with Crippen LogP contribution in [0.5, 0.6) is 0 Å². The number of methoxy groups -OCH3 is 1. The summed E-state index contributed by atoms with van der Waals surface area (Å²) in [6, 6.07) is 0.0612. The van der Waals surface area contributed by atoms with Gasteiger partial charge in [-0.2, -0.15) is 0 Å². The van der Waals surface area contributed by atoms with Gasteiger partial charge in [-0.25, -0.2) is 0 Å². The first-order valence-electron chi connectivity index (χ1n) is 4.74. The minimum atomic E-state index is -0.869. The molecule has 0 spiro atoms. The minimum Gasteiger partial charge on any atom is -0.480 e. The second kappa shape index (κ2) is 4.75. The highest BCUT2D eigenvalue weighted by Crippen LogP contribution is 2.18. The van der Waals surface area contributed by atoms with Gasteiger partial charge in [0.05, 0.1) is 6.10 Å². The van der Waals surface area contributed by atoms with Crippen molar-refractivity contribution in [2.24, 2.45) is 0 Å². The van der Waals surface area contributed by atoms with Gasteiger partial charge in [-0.3, -0.25) is 9.69 Å². The Morgan fingerprint density at radius 1 is 1.43 bits per heavy atom. The Kier molecular flexibility index (Phi) is 4.55. The minimum absolute atomic E-state index is 0.0126. The van der Waals surface area contributed by atoms with Crippen LogP contribution < -0.4 is 0 Å². The molecule has 0 saturated heterocycles. The number of aliphatic carboxylic acids is 1. The molecule has 84 valence electrons. The number of carboxylic acid groups (broad SMARTS) is 1. The monoisotopic (exact) mass is 203 g/mol. The maximum absolute atomic E-state index is 11.0. The van der Waals surface area contributed by atoms with Gasteiger partial charge in [0.1, 0.15) is 5.54 Å². The van der Waals surface area contributed by atoms with Gasteiger partial charge in [0.25, 0.3) is 0 Å². The van der Waals surface area contributed by atoms with E-state index in [2.05, 4.69) is 0 Å². The first-order valence-corrected chi connectivity index (χ1v) is 4.74. The maximum atomic E-state index is 11.0. The number of ether oxygens (including phenoxy) is 1. The molecule has 4 nitrogen and oxygen atoms in total. The summed E-state index contributed by atoms with van der Waals surface area (Å²) < 4.78 is 5.17. The van der Waals surface area contributed by atoms with Crippen LogP contribution in [0.15, 0.2) is 0 Å². The number of rotatable bonds is 5. The van der Waals surface area contributed by atoms with Gasteiger partial charge >= 0.3 is 5.97 Å². The molecule has 0 radical (unpaired) electrons. The Morgan fingerprint density at radius 3 is 2.14 bits per heavy atom. The molecule has 0 amide bonds. The first kappa shape index (κ1) is 13.4. The summed E-state index contributed by atoms with van der Waals surface area (Å²) in [5, 5.41) is 9.03. The third kappa shape index (κ3) is 2.69. The van der Waals surface area contributed by atoms with E-state index in [-0.39, 0.29) is 12.1 Å². The molecular weight excluding hydrogens is 182 g/mol. The van der Waals surface area contributed by atoms with Crippen molar-refractivity contribution >= 4 is 5.97 Å². The molecule has 0 rings (SSSR count). The number of hydrogen-bond acceptors (Lipinski definition) is 3. The van der Waals surface area contributed by atoms with E-state index in [1.165, 1.54) is 0 Å². The summed E-state index contributed by atoms with van der Waals surface area (Å²) in [6.07, 6.45) is 0.0126. The lowest BCUT2D eigenvalue weighted by atomic mass is 10.00. The molecule has 0 aliphatic heterocycles. The summed E-state index contributed by atoms with van der Waals surface area (Å²) in [5.74, 6) is -0.824. The van der Waals surface area contributed by atoms with Crippen molar-refractivity contribution in [1.29, 1.82) is 0 Å². The lowest BCUT2D eigenvalue weighted by Crippen LogP contribution is -2.54. The standard InChI is InChI=1S/C10H21NO3/c1-7(8(2)14-6)11(5)10(3,4)9(12)13/h7-8H,1-6H3,(H,12,13). The molecular formula is C10H21NO3. The van der Waals surface area contributed by atoms with Crippen molar-refractivity contribution in [3.63, 3.8) is 0 Å². The quantitative estimate of drug-likeness (QED) is 0.729. The van der Waals surface area contributed by atoms with E-state index in [0.29, 0.717) is 0 Å². The van der Waals surface area contributed by atoms with Gasteiger partial charge in [0, 0.05) is 13.2 Å². The molecule has 0 aromatic heterocycles. The van der Waals surface area contributed by atoms with Crippen LogP contribution in [0.4, 0.5) is 0 Å². The average Bonchev–Trinajstić information content (AvgIpc) is 2.13. The Bertz CT molecular complexity index is 204. The molecule has 0 saturated carbocycles. The number of carbonyl (C=O) groups is 1. The third-order valence-electron chi connectivity index (χ3n) is 3.07. The molecule has 0 aliphatic rings. The fourth-order valence-electron chi connectivity index (χ4n) is 1.17. The summed E-state index contributed by atoms with van der Waals surface area (Å²) >= 11 is 0. The summed E-state index contributed by atoms with van der Waals surface area (Å²) in [5.41, 5.74) is -0.869. The number of likely N-dealkylation sites (N-methyl/N-ethyl adjacent to an activating group) is 1. The smallest absolute Gasteiger partial charge is 0.323 e. The zero-order valence-electron chi connectivity index (χ0n) is 9.87. The normalized spacial score (nSPS) is 16.8. The van der Waals surface area contributed by atoms with Crippen LogP contribution in [-0.2, 0) is 9.53 Å². The van der Waals surface area contributed by atoms with E-state index in [0.717, 1.165) is 0 Å². The van der Waals surface area contributed by atoms with E-state index in [1.54, 1.807) is 28.0 Å². The summed E-state index contributed by atoms with van der Waals surface area (Å²) in [4.78, 5) is 12.8. The van der Waals surface area contributed by atoms with Crippen LogP contribution in [0.1, 0.15) is 27.7 Å². The van der Waals surface area contributed by atoms with E-state index >= 15 is 0 Å². The summed E-state index contributed by atoms with van der Waals surface area (Å²) in [6.45, 7) is 7.26. The Morgan fingerprint density at radius 2 is 1.86 bits per heavy atom. The van der Waals surface area contributed by atoms with Crippen molar-refractivity contribution in [3.8, 4) is 0 Å². The van der Waals surface area contributed by atoms with Crippen LogP contribution in [0.3, 0.4) is 0 Å². The van der Waals surface area contributed by atoms with Gasteiger partial charge < -0.3 is 9.84 Å². The Labute approximate surface area is 85.9 Å². The predicted molar refractivity (Wildman–Crippen MR) is 55.4 cm³/mol. The molecule has 0 aromatic carbocycles. The molecule has 0 heterocycles. The fraction of sp³-hybridized carbons (Fsp3) is 0.900. The SMILES string of the molecule is COC(C)C(C)N(C)C(C)(C)C(=O)O. The van der Waals surface area contributed by atoms with E-state index in [9.17, 15) is 4.79 Å². The highest BCUT2D eigenvalue weighted by molar-refractivity contribution is 5.77. The molecule has 0 bridgehead atoms. The largest absolute Gasteiger partial charge is 0.480 e. The molecule has 2 atom stereocenters. The zero-order valence-corrected chi connectivity index (χ0v) is 9.87. The van der Waals surface area contributed by atoms with Gasteiger partial charge in [-0.05, 0) is 34.7 Å². The Balaban J connectivity index is 4.60. The average molecular weight is 203 g/mol. The van der Waals surface area contributed by atoms with Crippen LogP contribution >= 0.6 is 0 Å². The fourth-order valence-corrected chi connectivity index (χ4v) is 1.17. The van der Waals surface area contributed by atoms with Crippen LogP contribution in [-0.4, -0.2) is 47.8 Å². The highest BCUT2D eigenvalue weighted by atomic mass is 16.5. The van der Waals surface area contributed by atoms with Crippen molar-refractivity contribution in [3.05, 3.63) is 0 Å². The van der Waals surface area contributed by atoms with E-state index in [4.69, 9.17) is 9.84 Å². The van der Waals surface area contributed by atoms with E-state index in [1.807, 2.05) is 18.7 Å². The third-order valence-corrected chi connectivity index (χ3v) is 3.07. The number of carboxylic acids is 1. The van der Waals surface area contributed by atoms with Crippen molar-refractivity contribution < 1.29 is 14.6 Å². The lowest BCUT2D eigenvalue weighted by Gasteiger charge is -2.38. The maximum Gasteiger partial charge on any atom is 0.323 e. The predicted octanol–water partition coefficient (Wildman–Crippen LogP) is 1.20. The Hall–Kier alpha value is -0.610. The van der Waals surface area contributed by atoms with Crippen molar-refractivity contribution in [1.82, 2.24) is 4.90 Å². The van der Waals surface area contributed by atoms with Gasteiger partial charge in [-0.15, -0.1) is 0 Å². The summed E-state index contributed by atoms with van der Waals surface area (Å²) in [7, 11) is 3.43. The van der Waals surface area contributed by atoms with Crippen LogP contribution in [0, 0.1) is 0 Å². The van der Waals surface area contributed by atoms with Gasteiger partial charge in [-0.1, -0.05) is 0 Å². The molecule has 0 aromatic rings. The van der Waals surface area contributed by atoms with Crippen molar-refractivity contribution in [2.75, 3.05) is 14.2 Å². The number of hydrogen-bond donors (Lipinski definition) is 1. The van der Waals surface area contributed by atoms with Crippen molar-refractivity contribution in [2.45, 2.75) is 45.4 Å². The first-order chi connectivity index (χ1) is 6.25. The zero-order chi connectivity index (χ0) is 11.5. The van der Waals surface area contributed by atoms with Crippen LogP contribution in [0.2, 0.25) is 0 Å². The number of nitrogens with zero attached hydrogens (tertiary/aromatic N) is 1. The van der Waals surface area contributed by atoms with Crippen LogP contribution in [0.25, 0.3) is 0 Å². The van der Waals surface area contributed by atoms with Gasteiger partial charge in [0.2, 0.25) is 0 Å². The molecule has 0 aliphatic carbocycles. The second-order valence-corrected chi connectivity index (χ2v) is 4.16. The molecule has 14 heavy (non-hydrogen) atoms. The second-order valence-electron chi connectivity index (χ2n) is 4.16.